The van der Waals surface area contributed by atoms with E-state index >= 15 is 0 Å². The van der Waals surface area contributed by atoms with E-state index in [0.29, 0.717) is 9.79 Å². The van der Waals surface area contributed by atoms with Crippen molar-refractivity contribution in [3.05, 3.63) is 358 Å². The summed E-state index contributed by atoms with van der Waals surface area (Å²) in [5.74, 6) is 0. The lowest BCUT2D eigenvalue weighted by Gasteiger charge is -2.39. The molecule has 0 fully saturated rings. The molecule has 0 N–H and O–H groups in total. The van der Waals surface area contributed by atoms with Crippen LogP contribution in [0.3, 0.4) is 0 Å². The average molecular weight is 1090 g/mol. The fourth-order valence-corrected chi connectivity index (χ4v) is 19.0. The molecule has 1 unspecified atom stereocenters. The molecule has 0 aromatic heterocycles. The number of sulfone groups is 1. The zero-order chi connectivity index (χ0) is 54.8. The van der Waals surface area contributed by atoms with Crippen LogP contribution in [0, 0.1) is 0 Å². The highest BCUT2D eigenvalue weighted by molar-refractivity contribution is 7.99. The lowest BCUT2D eigenvalue weighted by molar-refractivity contribution is 0.580. The summed E-state index contributed by atoms with van der Waals surface area (Å²) in [6.07, 6.45) is 0. The first-order valence-electron chi connectivity index (χ1n) is 28.5. The van der Waals surface area contributed by atoms with Crippen molar-refractivity contribution in [3.63, 3.8) is 0 Å². The Morgan fingerprint density at radius 2 is 0.651 bits per heavy atom. The number of rotatable bonds is 4. The summed E-state index contributed by atoms with van der Waals surface area (Å²) in [5.41, 5.74) is 23.9. The molecule has 0 radical (unpaired) electrons. The Morgan fingerprint density at radius 1 is 0.265 bits per heavy atom. The maximum Gasteiger partial charge on any atom is 0.207 e. The van der Waals surface area contributed by atoms with E-state index in [2.05, 4.69) is 243 Å². The third-order valence-corrected chi connectivity index (χ3v) is 22.3. The molecule has 18 rings (SSSR count). The van der Waals surface area contributed by atoms with Gasteiger partial charge < -0.3 is 0 Å². The van der Waals surface area contributed by atoms with Gasteiger partial charge in [-0.3, -0.25) is 0 Å². The first-order chi connectivity index (χ1) is 40.9. The van der Waals surface area contributed by atoms with Gasteiger partial charge >= 0.3 is 0 Å². The van der Waals surface area contributed by atoms with E-state index in [1.807, 2.05) is 48.2 Å². The molecule has 1 atom stereocenters. The van der Waals surface area contributed by atoms with Crippen LogP contribution in [-0.2, 0) is 26.1 Å². The van der Waals surface area contributed by atoms with Gasteiger partial charge in [0.1, 0.15) is 0 Å². The molecule has 0 amide bonds. The highest BCUT2D eigenvalue weighted by atomic mass is 32.2. The summed E-state index contributed by atoms with van der Waals surface area (Å²) in [6.45, 7) is 0. The maximum atomic E-state index is 14.5. The quantitative estimate of drug-likeness (QED) is 0.176. The van der Waals surface area contributed by atoms with Crippen LogP contribution in [0.15, 0.2) is 311 Å². The minimum absolute atomic E-state index is 0.363. The Bertz CT molecular complexity index is 4990. The van der Waals surface area contributed by atoms with Crippen LogP contribution in [0.1, 0.15) is 66.8 Å². The molecule has 4 heteroatoms. The zero-order valence-corrected chi connectivity index (χ0v) is 46.5. The standard InChI is InChI=1S/C79H48O2S2/c80-83(81)74-31-15-11-27-67(74)79(68-28-12-16-32-75(68)83)63-23-7-4-20-58(63)60-45-38-53(48-71(60)79)50-35-42-55(43-36-50)77(64-24-8-5-21-61(64)76-56-18-2-1-17-51(56)39-46-69(76)77)54-40-33-49(34-41-54)52-37-44-59-57-19-3-6-22-62(57)78(70(59)47-52)65-25-9-13-29-72(65)82-73-30-14-10-26-66(73)78/h1-48H. The lowest BCUT2D eigenvalue weighted by Crippen LogP contribution is -2.35. The molecular weight excluding hydrogens is 1050 g/mol. The molecule has 388 valence electrons. The summed E-state index contributed by atoms with van der Waals surface area (Å²) >= 11 is 1.88. The molecule has 0 saturated carbocycles. The van der Waals surface area contributed by atoms with Crippen LogP contribution in [0.4, 0.5) is 0 Å². The van der Waals surface area contributed by atoms with Crippen LogP contribution >= 0.6 is 11.8 Å². The Labute approximate surface area is 487 Å². The summed E-state index contributed by atoms with van der Waals surface area (Å²) < 4.78 is 29.0. The first-order valence-corrected chi connectivity index (χ1v) is 30.8. The Morgan fingerprint density at radius 3 is 1.18 bits per heavy atom. The van der Waals surface area contributed by atoms with Gasteiger partial charge in [-0.2, -0.15) is 0 Å². The highest BCUT2D eigenvalue weighted by Crippen LogP contribution is 2.65. The molecule has 13 aromatic rings. The van der Waals surface area contributed by atoms with E-state index < -0.39 is 26.1 Å². The SMILES string of the molecule is O=S1(=O)c2ccccc2C2(c3ccccc3-c3ccc(-c4ccc(C5(c6ccc(-c7ccc8c(c7)C7(c9ccccc9Sc9ccccc97)c7ccccc7-8)cc6)c6ccccc6-c6c5ccc5ccccc65)cc4)cc32)c2ccccc21. The monoisotopic (exact) mass is 1090 g/mol. The summed E-state index contributed by atoms with van der Waals surface area (Å²) in [6, 6.07) is 106. The second-order valence-electron chi connectivity index (χ2n) is 22.9. The topological polar surface area (TPSA) is 34.1 Å². The van der Waals surface area contributed by atoms with Crippen molar-refractivity contribution in [3.8, 4) is 55.6 Å². The van der Waals surface area contributed by atoms with Gasteiger partial charge in [-0.25, -0.2) is 8.42 Å². The van der Waals surface area contributed by atoms with Crippen LogP contribution in [0.2, 0.25) is 0 Å². The fraction of sp³-hybridized carbons (Fsp3) is 0.0380. The highest BCUT2D eigenvalue weighted by Gasteiger charge is 2.54. The normalized spacial score (nSPS) is 16.8. The van der Waals surface area contributed by atoms with Gasteiger partial charge in [0.2, 0.25) is 9.84 Å². The van der Waals surface area contributed by atoms with Gasteiger partial charge in [0.05, 0.1) is 26.0 Å². The van der Waals surface area contributed by atoms with Crippen LogP contribution in [0.25, 0.3) is 66.4 Å². The second kappa shape index (κ2) is 17.0. The van der Waals surface area contributed by atoms with Gasteiger partial charge in [-0.05, 0) is 170 Å². The van der Waals surface area contributed by atoms with Crippen LogP contribution < -0.4 is 0 Å². The molecule has 83 heavy (non-hydrogen) atoms. The minimum Gasteiger partial charge on any atom is -0.218 e. The van der Waals surface area contributed by atoms with E-state index in [9.17, 15) is 8.42 Å². The van der Waals surface area contributed by atoms with Crippen molar-refractivity contribution < 1.29 is 8.42 Å². The molecule has 0 saturated heterocycles. The van der Waals surface area contributed by atoms with Gasteiger partial charge in [-0.15, -0.1) is 0 Å². The largest absolute Gasteiger partial charge is 0.218 e. The van der Waals surface area contributed by atoms with Crippen LogP contribution in [0.5, 0.6) is 0 Å². The molecular formula is C79H48O2S2. The van der Waals surface area contributed by atoms with Crippen molar-refractivity contribution in [1.29, 1.82) is 0 Å². The van der Waals surface area contributed by atoms with Gasteiger partial charge in [0, 0.05) is 9.79 Å². The smallest absolute Gasteiger partial charge is 0.207 e. The second-order valence-corrected chi connectivity index (χ2v) is 25.8. The predicted octanol–water partition coefficient (Wildman–Crippen LogP) is 18.9. The van der Waals surface area contributed by atoms with Crippen molar-refractivity contribution in [2.45, 2.75) is 35.8 Å². The minimum atomic E-state index is -3.78. The molecule has 13 aromatic carbocycles. The van der Waals surface area contributed by atoms with E-state index in [1.54, 1.807) is 12.1 Å². The van der Waals surface area contributed by atoms with E-state index in [4.69, 9.17) is 0 Å². The average Bonchev–Trinajstić information content (AvgIpc) is 1.69. The molecule has 2 nitrogen and oxygen atoms in total. The van der Waals surface area contributed by atoms with Crippen molar-refractivity contribution in [1.82, 2.24) is 0 Å². The first kappa shape index (κ1) is 47.1. The van der Waals surface area contributed by atoms with Crippen molar-refractivity contribution in [2.75, 3.05) is 0 Å². The molecule has 2 heterocycles. The summed E-state index contributed by atoms with van der Waals surface area (Å²) in [4.78, 5) is 3.33. The van der Waals surface area contributed by atoms with Gasteiger partial charge in [0.25, 0.3) is 0 Å². The summed E-state index contributed by atoms with van der Waals surface area (Å²) in [5, 5.41) is 2.47. The zero-order valence-electron chi connectivity index (χ0n) is 44.8. The molecule has 5 aliphatic rings. The van der Waals surface area contributed by atoms with Crippen LogP contribution in [-0.4, -0.2) is 8.42 Å². The van der Waals surface area contributed by atoms with Crippen molar-refractivity contribution in [2.24, 2.45) is 0 Å². The van der Waals surface area contributed by atoms with E-state index in [-0.39, 0.29) is 0 Å². The predicted molar refractivity (Wildman–Crippen MR) is 336 cm³/mol. The molecule has 0 bridgehead atoms. The number of fused-ring (bicyclic) bond motifs is 23. The number of benzene rings is 13. The Hall–Kier alpha value is -9.58. The Kier molecular flexibility index (Phi) is 9.65. The third-order valence-electron chi connectivity index (χ3n) is 19.3. The van der Waals surface area contributed by atoms with Gasteiger partial charge in [-0.1, -0.05) is 267 Å². The molecule has 3 aliphatic carbocycles. The van der Waals surface area contributed by atoms with E-state index in [0.717, 1.165) is 44.5 Å². The lowest BCUT2D eigenvalue weighted by atomic mass is 9.66. The van der Waals surface area contributed by atoms with E-state index in [1.165, 1.54) is 98.5 Å². The number of hydrogen-bond donors (Lipinski definition) is 0. The Balaban J connectivity index is 0.807. The maximum absolute atomic E-state index is 14.5. The fourth-order valence-electron chi connectivity index (χ4n) is 16.0. The third kappa shape index (κ3) is 5.96. The molecule has 2 spiro atoms. The molecule has 2 aliphatic heterocycles. The summed E-state index contributed by atoms with van der Waals surface area (Å²) in [7, 11) is -3.78. The number of hydrogen-bond acceptors (Lipinski definition) is 3. The van der Waals surface area contributed by atoms with Gasteiger partial charge in [0.15, 0.2) is 0 Å². The van der Waals surface area contributed by atoms with Crippen molar-refractivity contribution >= 4 is 32.4 Å².